The number of methoxy groups -OCH3 is 1. The van der Waals surface area contributed by atoms with E-state index in [1.165, 1.54) is 64.2 Å². The summed E-state index contributed by atoms with van der Waals surface area (Å²) in [5, 5.41) is 2.93. The molecular weight excluding hydrogens is 342 g/mol. The van der Waals surface area contributed by atoms with E-state index >= 15 is 0 Å². The average Bonchev–Trinajstić information content (AvgIpc) is 2.71. The fraction of sp³-hybridized carbons (Fsp3) is 0.591. The molecule has 0 N–H and O–H groups in total. The summed E-state index contributed by atoms with van der Waals surface area (Å²) in [6.45, 7) is 0. The largest absolute Gasteiger partial charge is 0.497 e. The van der Waals surface area contributed by atoms with Crippen LogP contribution < -0.4 is 15.1 Å². The van der Waals surface area contributed by atoms with Crippen molar-refractivity contribution in [2.45, 2.75) is 76.3 Å². The van der Waals surface area contributed by atoms with Crippen LogP contribution in [0, 0.1) is 0 Å². The van der Waals surface area contributed by atoms with Gasteiger partial charge in [-0.2, -0.15) is 0 Å². The Morgan fingerprint density at radius 3 is 2.15 bits per heavy atom. The molecule has 2 saturated carbocycles. The number of nitrogens with zero attached hydrogens (tertiary/aromatic N) is 1. The molecule has 0 saturated heterocycles. The average molecular weight is 372 g/mol. The van der Waals surface area contributed by atoms with Crippen LogP contribution in [0.3, 0.4) is 0 Å². The molecule has 2 fully saturated rings. The number of hydrogen-bond donors (Lipinski definition) is 0. The van der Waals surface area contributed by atoms with Gasteiger partial charge in [0.2, 0.25) is 5.43 Å². The molecule has 4 heteroatoms. The zero-order chi connectivity index (χ0) is 17.9. The third-order valence-corrected chi connectivity index (χ3v) is 7.13. The van der Waals surface area contributed by atoms with Crippen LogP contribution in [0.1, 0.15) is 64.2 Å². The second-order valence-corrected chi connectivity index (χ2v) is 8.71. The van der Waals surface area contributed by atoms with E-state index in [-0.39, 0.29) is 5.43 Å². The van der Waals surface area contributed by atoms with Gasteiger partial charge in [-0.3, -0.25) is 4.79 Å². The topological polar surface area (TPSA) is 29.5 Å². The molecule has 4 rings (SSSR count). The minimum Gasteiger partial charge on any atom is -0.497 e. The van der Waals surface area contributed by atoms with E-state index < -0.39 is 0 Å². The van der Waals surface area contributed by atoms with Gasteiger partial charge in [0.1, 0.15) is 5.75 Å². The van der Waals surface area contributed by atoms with E-state index in [0.717, 1.165) is 21.5 Å². The van der Waals surface area contributed by atoms with Crippen molar-refractivity contribution in [1.29, 1.82) is 0 Å². The van der Waals surface area contributed by atoms with Crippen molar-refractivity contribution in [3.63, 3.8) is 0 Å². The molecule has 1 heterocycles. The second-order valence-electron chi connectivity index (χ2n) is 7.80. The molecule has 1 aromatic heterocycles. The van der Waals surface area contributed by atoms with Crippen molar-refractivity contribution in [2.24, 2.45) is 0 Å². The van der Waals surface area contributed by atoms with Crippen LogP contribution >= 0.6 is 11.3 Å². The normalized spacial score (nSPS) is 19.6. The zero-order valence-corrected chi connectivity index (χ0v) is 16.5. The molecule has 0 atom stereocenters. The number of ether oxygens (including phenoxy) is 1. The van der Waals surface area contributed by atoms with Gasteiger partial charge >= 0.3 is 0 Å². The summed E-state index contributed by atoms with van der Waals surface area (Å²) in [6.07, 6.45) is 12.8. The Morgan fingerprint density at radius 2 is 1.58 bits per heavy atom. The molecule has 2 aliphatic rings. The quantitative estimate of drug-likeness (QED) is 0.686. The Bertz CT molecular complexity index is 785. The Morgan fingerprint density at radius 1 is 0.962 bits per heavy atom. The van der Waals surface area contributed by atoms with E-state index in [2.05, 4.69) is 10.3 Å². The summed E-state index contributed by atoms with van der Waals surface area (Å²) in [5.41, 5.74) is 1.13. The number of rotatable bonds is 4. The monoisotopic (exact) mass is 371 g/mol. The van der Waals surface area contributed by atoms with Gasteiger partial charge < -0.3 is 9.64 Å². The Balaban J connectivity index is 1.78. The van der Waals surface area contributed by atoms with Crippen molar-refractivity contribution in [3.05, 3.63) is 33.8 Å². The van der Waals surface area contributed by atoms with Crippen molar-refractivity contribution >= 4 is 27.1 Å². The first-order chi connectivity index (χ1) is 12.8. The number of anilines is 1. The Hall–Kier alpha value is -1.55. The first kappa shape index (κ1) is 17.8. The highest BCUT2D eigenvalue weighted by molar-refractivity contribution is 7.16. The standard InChI is InChI=1S/C22H29NO2S/c1-25-18-12-13-21-19(14-18)22(24)20(15-26-21)23(16-8-4-2-5-9-16)17-10-6-3-7-11-17/h12-17H,2-11H2,1H3. The lowest BCUT2D eigenvalue weighted by molar-refractivity contribution is 0.339. The molecule has 0 amide bonds. The summed E-state index contributed by atoms with van der Waals surface area (Å²) in [6, 6.07) is 6.94. The van der Waals surface area contributed by atoms with Crippen molar-refractivity contribution in [2.75, 3.05) is 12.0 Å². The Kier molecular flexibility index (Phi) is 5.49. The first-order valence-electron chi connectivity index (χ1n) is 10.2. The maximum Gasteiger partial charge on any atom is 0.211 e. The molecule has 0 spiro atoms. The number of benzene rings is 1. The molecule has 140 valence electrons. The van der Waals surface area contributed by atoms with Crippen molar-refractivity contribution < 1.29 is 4.74 Å². The molecule has 26 heavy (non-hydrogen) atoms. The Labute approximate surface area is 160 Å². The highest BCUT2D eigenvalue weighted by atomic mass is 32.1. The SMILES string of the molecule is COc1ccc2scc(N(C3CCCCC3)C3CCCCC3)c(=O)c2c1. The maximum absolute atomic E-state index is 13.4. The van der Waals surface area contributed by atoms with Crippen molar-refractivity contribution in [3.8, 4) is 5.75 Å². The lowest BCUT2D eigenvalue weighted by Crippen LogP contribution is -2.47. The van der Waals surface area contributed by atoms with Crippen LogP contribution in [0.15, 0.2) is 28.4 Å². The smallest absolute Gasteiger partial charge is 0.211 e. The zero-order valence-electron chi connectivity index (χ0n) is 15.7. The fourth-order valence-corrected chi connectivity index (χ4v) is 5.71. The molecule has 0 aliphatic heterocycles. The van der Waals surface area contributed by atoms with Crippen LogP contribution in [-0.4, -0.2) is 19.2 Å². The maximum atomic E-state index is 13.4. The van der Waals surface area contributed by atoms with Crippen molar-refractivity contribution in [1.82, 2.24) is 0 Å². The van der Waals surface area contributed by atoms with Crippen LogP contribution in [-0.2, 0) is 0 Å². The van der Waals surface area contributed by atoms with Gasteiger partial charge in [-0.05, 0) is 43.9 Å². The van der Waals surface area contributed by atoms with Gasteiger partial charge in [-0.15, -0.1) is 11.3 Å². The van der Waals surface area contributed by atoms with Crippen LogP contribution in [0.2, 0.25) is 0 Å². The fourth-order valence-electron chi connectivity index (χ4n) is 4.82. The summed E-state index contributed by atoms with van der Waals surface area (Å²) >= 11 is 1.70. The predicted molar refractivity (Wildman–Crippen MR) is 111 cm³/mol. The van der Waals surface area contributed by atoms with E-state index in [1.807, 2.05) is 18.2 Å². The predicted octanol–water partition coefficient (Wildman–Crippen LogP) is 5.74. The van der Waals surface area contributed by atoms with Crippen LogP contribution in [0.25, 0.3) is 10.1 Å². The van der Waals surface area contributed by atoms with Gasteiger partial charge in [0.15, 0.2) is 0 Å². The van der Waals surface area contributed by atoms with E-state index in [0.29, 0.717) is 12.1 Å². The van der Waals surface area contributed by atoms with Gasteiger partial charge in [-0.25, -0.2) is 0 Å². The number of hydrogen-bond acceptors (Lipinski definition) is 4. The third-order valence-electron chi connectivity index (χ3n) is 6.18. The molecular formula is C22H29NO2S. The second kappa shape index (κ2) is 7.99. The molecule has 2 aliphatic carbocycles. The van der Waals surface area contributed by atoms with Gasteiger partial charge in [-0.1, -0.05) is 38.5 Å². The molecule has 0 bridgehead atoms. The lowest BCUT2D eigenvalue weighted by atomic mass is 9.88. The van der Waals surface area contributed by atoms with E-state index in [4.69, 9.17) is 4.74 Å². The van der Waals surface area contributed by atoms with E-state index in [1.54, 1.807) is 18.4 Å². The number of fused-ring (bicyclic) bond motifs is 1. The molecule has 1 aromatic carbocycles. The van der Waals surface area contributed by atoms with E-state index in [9.17, 15) is 4.79 Å². The molecule has 2 aromatic rings. The minimum absolute atomic E-state index is 0.189. The minimum atomic E-state index is 0.189. The third kappa shape index (κ3) is 3.48. The highest BCUT2D eigenvalue weighted by Crippen LogP contribution is 2.35. The molecule has 3 nitrogen and oxygen atoms in total. The van der Waals surface area contributed by atoms with Crippen LogP contribution in [0.5, 0.6) is 5.75 Å². The van der Waals surface area contributed by atoms with Gasteiger partial charge in [0, 0.05) is 27.5 Å². The highest BCUT2D eigenvalue weighted by Gasteiger charge is 2.30. The summed E-state index contributed by atoms with van der Waals surface area (Å²) < 4.78 is 6.41. The van der Waals surface area contributed by atoms with Crippen LogP contribution in [0.4, 0.5) is 5.69 Å². The lowest BCUT2D eigenvalue weighted by Gasteiger charge is -2.43. The summed E-state index contributed by atoms with van der Waals surface area (Å²) in [5.74, 6) is 0.765. The summed E-state index contributed by atoms with van der Waals surface area (Å²) in [7, 11) is 1.66. The molecule has 0 unspecified atom stereocenters. The van der Waals surface area contributed by atoms with Gasteiger partial charge in [0.05, 0.1) is 12.8 Å². The van der Waals surface area contributed by atoms with Gasteiger partial charge in [0.25, 0.3) is 0 Å². The first-order valence-corrected chi connectivity index (χ1v) is 11.0. The summed E-state index contributed by atoms with van der Waals surface area (Å²) in [4.78, 5) is 16.0. The molecule has 0 radical (unpaired) electrons.